The number of ketones is 2. The maximum Gasteiger partial charge on any atom is 0.168 e. The molecule has 3 nitrogen and oxygen atoms in total. The second-order valence-electron chi connectivity index (χ2n) is 7.47. The second-order valence-corrected chi connectivity index (χ2v) is 7.47. The predicted molar refractivity (Wildman–Crippen MR) is 96.9 cm³/mol. The summed E-state index contributed by atoms with van der Waals surface area (Å²) < 4.78 is 0. The molecule has 3 heteroatoms. The molecule has 24 heavy (non-hydrogen) atoms. The van der Waals surface area contributed by atoms with E-state index in [1.165, 1.54) is 0 Å². The summed E-state index contributed by atoms with van der Waals surface area (Å²) in [4.78, 5) is 25.0. The summed E-state index contributed by atoms with van der Waals surface area (Å²) in [5.74, 6) is -0.176. The van der Waals surface area contributed by atoms with E-state index in [1.807, 2.05) is 45.0 Å². The molecule has 0 heterocycles. The summed E-state index contributed by atoms with van der Waals surface area (Å²) >= 11 is 0. The molecule has 124 valence electrons. The predicted octanol–water partition coefficient (Wildman–Crippen LogP) is 4.13. The van der Waals surface area contributed by atoms with Gasteiger partial charge in [-0.3, -0.25) is 9.59 Å². The van der Waals surface area contributed by atoms with Crippen LogP contribution >= 0.6 is 0 Å². The first kappa shape index (κ1) is 16.4. The molecule has 1 aliphatic carbocycles. The van der Waals surface area contributed by atoms with Crippen LogP contribution in [0, 0.1) is 0 Å². The van der Waals surface area contributed by atoms with Crippen molar-refractivity contribution < 1.29 is 9.59 Å². The Morgan fingerprint density at radius 3 is 2.25 bits per heavy atom. The van der Waals surface area contributed by atoms with Crippen LogP contribution in [0.4, 0.5) is 0 Å². The van der Waals surface area contributed by atoms with Crippen molar-refractivity contribution in [1.82, 2.24) is 5.32 Å². The van der Waals surface area contributed by atoms with Crippen molar-refractivity contribution in [3.63, 3.8) is 0 Å². The number of hydrogen-bond donors (Lipinski definition) is 1. The van der Waals surface area contributed by atoms with Gasteiger partial charge in [-0.2, -0.15) is 0 Å². The van der Waals surface area contributed by atoms with Gasteiger partial charge >= 0.3 is 0 Å². The lowest BCUT2D eigenvalue weighted by atomic mass is 9.79. The normalized spacial score (nSPS) is 18.8. The van der Waals surface area contributed by atoms with E-state index in [4.69, 9.17) is 0 Å². The summed E-state index contributed by atoms with van der Waals surface area (Å²) in [6.45, 7) is 6.00. The molecule has 3 rings (SSSR count). The number of nitrogens with one attached hydrogen (secondary N) is 1. The van der Waals surface area contributed by atoms with Gasteiger partial charge in [0.25, 0.3) is 0 Å². The number of Topliss-reactive ketones (excluding diaryl/α,β-unsaturated/α-hetero) is 2. The lowest BCUT2D eigenvalue weighted by Gasteiger charge is -2.25. The van der Waals surface area contributed by atoms with Crippen LogP contribution in [0.15, 0.2) is 54.2 Å². The largest absolute Gasteiger partial charge is 0.386 e. The number of benzene rings is 2. The van der Waals surface area contributed by atoms with Crippen LogP contribution in [-0.4, -0.2) is 17.1 Å². The molecule has 0 radical (unpaired) electrons. The highest BCUT2D eigenvalue weighted by Gasteiger charge is 2.32. The maximum absolute atomic E-state index is 12.5. The van der Waals surface area contributed by atoms with Crippen LogP contribution in [0.2, 0.25) is 0 Å². The van der Waals surface area contributed by atoms with Gasteiger partial charge < -0.3 is 5.32 Å². The highest BCUT2D eigenvalue weighted by Crippen LogP contribution is 2.35. The van der Waals surface area contributed by atoms with Gasteiger partial charge in [-0.05, 0) is 43.0 Å². The van der Waals surface area contributed by atoms with Crippen molar-refractivity contribution >= 4 is 22.3 Å². The topological polar surface area (TPSA) is 46.2 Å². The fourth-order valence-electron chi connectivity index (χ4n) is 3.17. The van der Waals surface area contributed by atoms with Gasteiger partial charge in [0, 0.05) is 24.6 Å². The van der Waals surface area contributed by atoms with Crippen molar-refractivity contribution in [2.45, 2.75) is 45.1 Å². The molecule has 2 aromatic rings. The molecule has 1 aliphatic rings. The quantitative estimate of drug-likeness (QED) is 0.668. The number of carbonyl (C=O) groups is 2. The monoisotopic (exact) mass is 321 g/mol. The van der Waals surface area contributed by atoms with Gasteiger partial charge in [0.2, 0.25) is 0 Å². The summed E-state index contributed by atoms with van der Waals surface area (Å²) in [6.07, 6.45) is 2.37. The van der Waals surface area contributed by atoms with Crippen LogP contribution in [0.25, 0.3) is 10.8 Å². The van der Waals surface area contributed by atoms with Crippen LogP contribution in [-0.2, 0) is 9.59 Å². The van der Waals surface area contributed by atoms with Gasteiger partial charge in [0.1, 0.15) is 0 Å². The fraction of sp³-hybridized carbons (Fsp3) is 0.333. The molecular formula is C21H23NO2. The van der Waals surface area contributed by atoms with Crippen molar-refractivity contribution in [2.24, 2.45) is 0 Å². The highest BCUT2D eigenvalue weighted by molar-refractivity contribution is 6.22. The van der Waals surface area contributed by atoms with E-state index in [0.717, 1.165) is 16.3 Å². The number of fused-ring (bicyclic) bond motifs is 1. The van der Waals surface area contributed by atoms with Crippen LogP contribution in [0.1, 0.15) is 45.1 Å². The smallest absolute Gasteiger partial charge is 0.168 e. The van der Waals surface area contributed by atoms with E-state index in [-0.39, 0.29) is 23.0 Å². The summed E-state index contributed by atoms with van der Waals surface area (Å²) in [5.41, 5.74) is 1.24. The van der Waals surface area contributed by atoms with E-state index < -0.39 is 0 Å². The maximum atomic E-state index is 12.5. The van der Waals surface area contributed by atoms with E-state index in [2.05, 4.69) is 23.5 Å². The SMILES string of the molecule is CC(C)(C)NC=C1C(=O)CC(c2cccc3ccccc23)CC1=O. The van der Waals surface area contributed by atoms with E-state index in [1.54, 1.807) is 6.20 Å². The average Bonchev–Trinajstić information content (AvgIpc) is 2.52. The minimum absolute atomic E-state index is 0.0390. The molecule has 0 aliphatic heterocycles. The van der Waals surface area contributed by atoms with Crippen molar-refractivity contribution in [2.75, 3.05) is 0 Å². The lowest BCUT2D eigenvalue weighted by Crippen LogP contribution is -2.34. The number of rotatable bonds is 2. The van der Waals surface area contributed by atoms with Gasteiger partial charge in [-0.1, -0.05) is 42.5 Å². The Kier molecular flexibility index (Phi) is 4.27. The Morgan fingerprint density at radius 1 is 0.958 bits per heavy atom. The van der Waals surface area contributed by atoms with Crippen molar-refractivity contribution in [3.05, 3.63) is 59.8 Å². The summed E-state index contributed by atoms with van der Waals surface area (Å²) in [7, 11) is 0. The average molecular weight is 321 g/mol. The lowest BCUT2D eigenvalue weighted by molar-refractivity contribution is -0.124. The first-order valence-electron chi connectivity index (χ1n) is 8.37. The summed E-state index contributed by atoms with van der Waals surface area (Å²) in [5, 5.41) is 5.41. The molecule has 0 spiro atoms. The minimum atomic E-state index is -0.167. The second kappa shape index (κ2) is 6.23. The molecule has 0 aromatic heterocycles. The Bertz CT molecular complexity index is 802. The van der Waals surface area contributed by atoms with Crippen molar-refractivity contribution in [3.8, 4) is 0 Å². The zero-order valence-corrected chi connectivity index (χ0v) is 14.4. The zero-order valence-electron chi connectivity index (χ0n) is 14.4. The third kappa shape index (κ3) is 3.40. The number of carbonyl (C=O) groups excluding carboxylic acids is 2. The summed E-state index contributed by atoms with van der Waals surface area (Å²) in [6, 6.07) is 14.2. The van der Waals surface area contributed by atoms with E-state index in [9.17, 15) is 9.59 Å². The zero-order chi connectivity index (χ0) is 17.3. The molecule has 1 N–H and O–H groups in total. The number of allylic oxidation sites excluding steroid dienone is 1. The van der Waals surface area contributed by atoms with Gasteiger partial charge in [0.15, 0.2) is 11.6 Å². The molecule has 0 unspecified atom stereocenters. The first-order valence-corrected chi connectivity index (χ1v) is 8.37. The molecule has 0 saturated heterocycles. The van der Waals surface area contributed by atoms with E-state index >= 15 is 0 Å². The standard InChI is InChI=1S/C21H23NO2/c1-21(2,3)22-13-18-19(23)11-15(12-20(18)24)17-10-6-8-14-7-4-5-9-16(14)17/h4-10,13,15,22H,11-12H2,1-3H3. The van der Waals surface area contributed by atoms with Crippen LogP contribution < -0.4 is 5.32 Å². The van der Waals surface area contributed by atoms with Crippen LogP contribution in [0.3, 0.4) is 0 Å². The number of hydrogen-bond acceptors (Lipinski definition) is 3. The Labute approximate surface area is 142 Å². The molecule has 0 bridgehead atoms. The molecule has 1 fully saturated rings. The molecule has 0 amide bonds. The van der Waals surface area contributed by atoms with Gasteiger partial charge in [-0.15, -0.1) is 0 Å². The molecular weight excluding hydrogens is 298 g/mol. The minimum Gasteiger partial charge on any atom is -0.386 e. The molecule has 1 saturated carbocycles. The third-order valence-corrected chi connectivity index (χ3v) is 4.38. The molecule has 0 atom stereocenters. The highest BCUT2D eigenvalue weighted by atomic mass is 16.1. The Balaban J connectivity index is 1.89. The fourth-order valence-corrected chi connectivity index (χ4v) is 3.17. The van der Waals surface area contributed by atoms with Crippen LogP contribution in [0.5, 0.6) is 0 Å². The van der Waals surface area contributed by atoms with Gasteiger partial charge in [-0.25, -0.2) is 0 Å². The van der Waals surface area contributed by atoms with Gasteiger partial charge in [0.05, 0.1) is 5.57 Å². The van der Waals surface area contributed by atoms with Crippen molar-refractivity contribution in [1.29, 1.82) is 0 Å². The Morgan fingerprint density at radius 2 is 1.58 bits per heavy atom. The molecule has 2 aromatic carbocycles. The Hall–Kier alpha value is -2.42. The third-order valence-electron chi connectivity index (χ3n) is 4.38. The van der Waals surface area contributed by atoms with E-state index in [0.29, 0.717) is 18.4 Å². The first-order chi connectivity index (χ1) is 11.3.